The van der Waals surface area contributed by atoms with Gasteiger partial charge in [-0.3, -0.25) is 9.59 Å². The van der Waals surface area contributed by atoms with Crippen molar-refractivity contribution in [2.24, 2.45) is 0 Å². The minimum Gasteiger partial charge on any atom is -0.508 e. The minimum atomic E-state index is -2.21. The van der Waals surface area contributed by atoms with E-state index in [2.05, 4.69) is 0 Å². The zero-order valence-corrected chi connectivity index (χ0v) is 24.5. The molecule has 1 aromatic heterocycles. The molecule has 0 radical (unpaired) electrons. The summed E-state index contributed by atoms with van der Waals surface area (Å²) in [7, 11) is 1.42. The van der Waals surface area contributed by atoms with E-state index in [-0.39, 0.29) is 30.0 Å². The molecule has 4 unspecified atom stereocenters. The Hall–Kier alpha value is -4.61. The van der Waals surface area contributed by atoms with Crippen LogP contribution >= 0.6 is 23.2 Å². The molecule has 2 fully saturated rings. The summed E-state index contributed by atoms with van der Waals surface area (Å²) in [6.45, 7) is -0.0625. The molecule has 1 saturated heterocycles. The molecule has 10 nitrogen and oxygen atoms in total. The third kappa shape index (κ3) is 3.59. The molecule has 4 atom stereocenters. The van der Waals surface area contributed by atoms with Crippen LogP contribution < -0.4 is 21.0 Å². The van der Waals surface area contributed by atoms with E-state index >= 15 is 0 Å². The number of methoxy groups -OCH3 is 1. The van der Waals surface area contributed by atoms with Crippen molar-refractivity contribution in [1.82, 2.24) is 13.9 Å². The van der Waals surface area contributed by atoms with Gasteiger partial charge in [0.25, 0.3) is 11.8 Å². The number of anilines is 1. The Morgan fingerprint density at radius 1 is 0.909 bits per heavy atom. The van der Waals surface area contributed by atoms with Gasteiger partial charge in [-0.25, -0.2) is 32.8 Å². The molecule has 2 amide bonds. The normalized spacial score (nSPS) is 25.7. The number of nitrogens with zero attached hydrogens (tertiary/aromatic N) is 4. The van der Waals surface area contributed by atoms with Gasteiger partial charge in [-0.2, -0.15) is 0 Å². The number of hydrogen-bond donors (Lipinski definition) is 1. The van der Waals surface area contributed by atoms with Crippen molar-refractivity contribution in [3.63, 3.8) is 0 Å². The summed E-state index contributed by atoms with van der Waals surface area (Å²) in [6, 6.07) is 16.4. The van der Waals surface area contributed by atoms with Crippen LogP contribution in [0.3, 0.4) is 0 Å². The fourth-order valence-electron chi connectivity index (χ4n) is 6.70. The number of alkyl halides is 2. The number of phenolic OH excluding ortho intramolecular Hbond substituents is 1. The SMILES string of the molecule is COc1ccc(O)c(C2C3=CCn4c(=O)n(-c5ccccc5)c(=O)n4C3CC3(Cl)C(=O)N(c4ccc(F)cc4)C(=O)C23Cl)c1. The number of allylic oxidation sites excluding steroid dienone is 2. The first-order valence-corrected chi connectivity index (χ1v) is 14.4. The molecule has 0 bridgehead atoms. The van der Waals surface area contributed by atoms with Gasteiger partial charge in [0.15, 0.2) is 9.75 Å². The molecular weight excluding hydrogens is 614 g/mol. The number of benzene rings is 3. The predicted molar refractivity (Wildman–Crippen MR) is 159 cm³/mol. The van der Waals surface area contributed by atoms with E-state index in [0.29, 0.717) is 17.0 Å². The maximum Gasteiger partial charge on any atom is 0.352 e. The Bertz CT molecular complexity index is 2020. The number of carbonyl (C=O) groups is 2. The number of halogens is 3. The van der Waals surface area contributed by atoms with Crippen molar-refractivity contribution in [3.8, 4) is 17.2 Å². The monoisotopic (exact) mass is 636 g/mol. The second-order valence-corrected chi connectivity index (χ2v) is 12.1. The van der Waals surface area contributed by atoms with Gasteiger partial charge in [-0.1, -0.05) is 24.3 Å². The molecule has 3 heterocycles. The zero-order valence-electron chi connectivity index (χ0n) is 23.0. The Balaban J connectivity index is 1.49. The van der Waals surface area contributed by atoms with E-state index in [0.717, 1.165) is 21.6 Å². The highest BCUT2D eigenvalue weighted by atomic mass is 35.5. The highest BCUT2D eigenvalue weighted by molar-refractivity contribution is 6.58. The molecule has 3 aromatic carbocycles. The molecule has 13 heteroatoms. The zero-order chi connectivity index (χ0) is 31.1. The van der Waals surface area contributed by atoms with Gasteiger partial charge in [-0.15, -0.1) is 23.2 Å². The lowest BCUT2D eigenvalue weighted by molar-refractivity contribution is -0.122. The van der Waals surface area contributed by atoms with Crippen molar-refractivity contribution >= 4 is 40.7 Å². The van der Waals surface area contributed by atoms with E-state index < -0.39 is 50.7 Å². The van der Waals surface area contributed by atoms with E-state index in [1.54, 1.807) is 36.4 Å². The fraction of sp³-hybridized carbons (Fsp3) is 0.226. The van der Waals surface area contributed by atoms with Gasteiger partial charge >= 0.3 is 11.4 Å². The molecule has 3 aliphatic rings. The molecule has 7 rings (SSSR count). The maximum absolute atomic E-state index is 14.4. The summed E-state index contributed by atoms with van der Waals surface area (Å²) in [6.07, 6.45) is 1.33. The first-order chi connectivity index (χ1) is 21.0. The molecule has 224 valence electrons. The summed E-state index contributed by atoms with van der Waals surface area (Å²) in [5, 5.41) is 11.1. The number of fused-ring (bicyclic) bond motifs is 4. The third-order valence-electron chi connectivity index (χ3n) is 8.72. The van der Waals surface area contributed by atoms with Crippen LogP contribution in [0.2, 0.25) is 0 Å². The Kier molecular flexibility index (Phi) is 6.21. The van der Waals surface area contributed by atoms with Crippen molar-refractivity contribution in [2.45, 2.75) is 34.7 Å². The summed E-state index contributed by atoms with van der Waals surface area (Å²) >= 11 is 14.6. The van der Waals surface area contributed by atoms with Crippen LogP contribution in [0.4, 0.5) is 10.1 Å². The Morgan fingerprint density at radius 3 is 2.30 bits per heavy atom. The van der Waals surface area contributed by atoms with Gasteiger partial charge < -0.3 is 9.84 Å². The molecule has 2 aliphatic heterocycles. The van der Waals surface area contributed by atoms with Crippen LogP contribution in [0.1, 0.15) is 23.9 Å². The second kappa shape index (κ2) is 9.70. The van der Waals surface area contributed by atoms with Crippen molar-refractivity contribution < 1.29 is 23.8 Å². The number of hydrogen-bond acceptors (Lipinski definition) is 6. The molecule has 1 N–H and O–H groups in total. The Labute approximate surface area is 258 Å². The highest BCUT2D eigenvalue weighted by Gasteiger charge is 2.76. The van der Waals surface area contributed by atoms with Crippen molar-refractivity contribution in [3.05, 3.63) is 117 Å². The van der Waals surface area contributed by atoms with E-state index in [4.69, 9.17) is 27.9 Å². The van der Waals surface area contributed by atoms with Crippen LogP contribution in [0.15, 0.2) is 94.0 Å². The molecule has 44 heavy (non-hydrogen) atoms. The largest absolute Gasteiger partial charge is 0.508 e. The van der Waals surface area contributed by atoms with Gasteiger partial charge in [0.2, 0.25) is 0 Å². The van der Waals surface area contributed by atoms with E-state index in [9.17, 15) is 28.7 Å². The lowest BCUT2D eigenvalue weighted by Crippen LogP contribution is -2.59. The molecular formula is C31H23Cl2FN4O6. The summed E-state index contributed by atoms with van der Waals surface area (Å²) in [5.74, 6) is -3.53. The van der Waals surface area contributed by atoms with E-state index in [1.165, 1.54) is 46.8 Å². The predicted octanol–water partition coefficient (Wildman–Crippen LogP) is 3.85. The highest BCUT2D eigenvalue weighted by Crippen LogP contribution is 2.64. The molecule has 0 spiro atoms. The molecule has 4 aromatic rings. The smallest absolute Gasteiger partial charge is 0.352 e. The van der Waals surface area contributed by atoms with Gasteiger partial charge in [0.05, 0.1) is 31.1 Å². The average Bonchev–Trinajstić information content (AvgIpc) is 3.36. The lowest BCUT2D eigenvalue weighted by Gasteiger charge is -2.49. The van der Waals surface area contributed by atoms with Crippen molar-refractivity contribution in [2.75, 3.05) is 12.0 Å². The van der Waals surface area contributed by atoms with E-state index in [1.807, 2.05) is 0 Å². The average molecular weight is 637 g/mol. The van der Waals surface area contributed by atoms with Gasteiger partial charge in [0, 0.05) is 17.9 Å². The fourth-order valence-corrected chi connectivity index (χ4v) is 7.60. The number of amides is 2. The number of phenols is 1. The van der Waals surface area contributed by atoms with Crippen LogP contribution in [-0.4, -0.2) is 47.7 Å². The lowest BCUT2D eigenvalue weighted by atomic mass is 9.64. The van der Waals surface area contributed by atoms with Gasteiger partial charge in [0.1, 0.15) is 17.3 Å². The number of para-hydroxylation sites is 1. The topological polar surface area (TPSA) is 116 Å². The third-order valence-corrected chi connectivity index (χ3v) is 10.1. The molecule has 1 aliphatic carbocycles. The van der Waals surface area contributed by atoms with Crippen molar-refractivity contribution in [1.29, 1.82) is 0 Å². The summed E-state index contributed by atoms with van der Waals surface area (Å²) in [5.41, 5.74) is -0.350. The summed E-state index contributed by atoms with van der Waals surface area (Å²) in [4.78, 5) is 52.6. The second-order valence-electron chi connectivity index (χ2n) is 10.9. The number of ether oxygens (including phenoxy) is 1. The Morgan fingerprint density at radius 2 is 1.61 bits per heavy atom. The van der Waals surface area contributed by atoms with Crippen LogP contribution in [0.25, 0.3) is 5.69 Å². The first kappa shape index (κ1) is 28.2. The minimum absolute atomic E-state index is 0.0470. The standard InChI is InChI=1S/C31H23Cl2FN4O6/c1-44-20-11-12-24(39)22(15-20)25-21-13-14-35-28(42)37(18-5-3-2-4-6-18)29(43)38(35)23(21)16-30(32)26(40)36(27(41)31(25,30)33)19-9-7-17(34)8-10-19/h2-13,15,23,25,39H,14,16H2,1H3. The quantitative estimate of drug-likeness (QED) is 0.207. The van der Waals surface area contributed by atoms with Crippen LogP contribution in [0, 0.1) is 5.82 Å². The molecule has 1 saturated carbocycles. The van der Waals surface area contributed by atoms with Crippen LogP contribution in [-0.2, 0) is 16.1 Å². The summed E-state index contributed by atoms with van der Waals surface area (Å²) < 4.78 is 22.7. The number of rotatable bonds is 4. The van der Waals surface area contributed by atoms with Crippen LogP contribution in [0.5, 0.6) is 11.5 Å². The number of aromatic nitrogens is 3. The number of imide groups is 1. The maximum atomic E-state index is 14.4. The number of aromatic hydroxyl groups is 1. The number of carbonyl (C=O) groups excluding carboxylic acids is 2. The van der Waals surface area contributed by atoms with Gasteiger partial charge in [-0.05, 0) is 60.2 Å². The first-order valence-electron chi connectivity index (χ1n) is 13.6.